The van der Waals surface area contributed by atoms with E-state index >= 15 is 0 Å². The summed E-state index contributed by atoms with van der Waals surface area (Å²) in [5.74, 6) is -0.158. The van der Waals surface area contributed by atoms with Crippen molar-refractivity contribution in [2.75, 3.05) is 6.54 Å². The molecular weight excluding hydrogens is 320 g/mol. The second-order valence-corrected chi connectivity index (χ2v) is 6.00. The van der Waals surface area contributed by atoms with Crippen LogP contribution in [0.1, 0.15) is 23.5 Å². The van der Waals surface area contributed by atoms with Gasteiger partial charge >= 0.3 is 0 Å². The molecule has 0 bridgehead atoms. The van der Waals surface area contributed by atoms with Gasteiger partial charge in [-0.2, -0.15) is 0 Å². The van der Waals surface area contributed by atoms with Crippen molar-refractivity contribution in [2.45, 2.75) is 25.6 Å². The van der Waals surface area contributed by atoms with E-state index < -0.39 is 12.1 Å². The van der Waals surface area contributed by atoms with E-state index in [-0.39, 0.29) is 24.9 Å². The molecule has 1 aromatic heterocycles. The quantitative estimate of drug-likeness (QED) is 0.849. The van der Waals surface area contributed by atoms with Gasteiger partial charge in [0, 0.05) is 11.4 Å². The fourth-order valence-corrected chi connectivity index (χ4v) is 2.81. The van der Waals surface area contributed by atoms with Crippen LogP contribution in [-0.4, -0.2) is 28.5 Å². The molecule has 120 valence electrons. The van der Waals surface area contributed by atoms with Gasteiger partial charge in [-0.3, -0.25) is 4.79 Å². The lowest BCUT2D eigenvalue weighted by Gasteiger charge is -2.26. The van der Waals surface area contributed by atoms with E-state index in [4.69, 9.17) is 5.73 Å². The molecule has 1 amide bonds. The first-order chi connectivity index (χ1) is 10.1. The van der Waals surface area contributed by atoms with Gasteiger partial charge in [-0.25, -0.2) is 0 Å². The Morgan fingerprint density at radius 2 is 1.95 bits per heavy atom. The number of nitrogens with zero attached hydrogens (tertiary/aromatic N) is 1. The van der Waals surface area contributed by atoms with Crippen LogP contribution >= 0.6 is 23.7 Å². The first-order valence-corrected chi connectivity index (χ1v) is 7.75. The monoisotopic (exact) mass is 340 g/mol. The number of halogens is 1. The van der Waals surface area contributed by atoms with Crippen LogP contribution in [0.5, 0.6) is 0 Å². The summed E-state index contributed by atoms with van der Waals surface area (Å²) >= 11 is 1.48. The smallest absolute Gasteiger partial charge is 0.239 e. The summed E-state index contributed by atoms with van der Waals surface area (Å²) in [4.78, 5) is 14.7. The summed E-state index contributed by atoms with van der Waals surface area (Å²) in [7, 11) is 0. The molecule has 4 nitrogen and oxygen atoms in total. The molecule has 3 N–H and O–H groups in total. The third kappa shape index (κ3) is 5.10. The van der Waals surface area contributed by atoms with Crippen molar-refractivity contribution in [3.63, 3.8) is 0 Å². The molecule has 6 heteroatoms. The Bertz CT molecular complexity index is 561. The molecular formula is C16H21ClN2O2S. The zero-order chi connectivity index (χ0) is 15.2. The normalized spacial score (nSPS) is 13.0. The maximum absolute atomic E-state index is 12.2. The minimum atomic E-state index is -0.684. The lowest BCUT2D eigenvalue weighted by atomic mass is 10.1. The largest absolute Gasteiger partial charge is 0.386 e. The fraction of sp³-hybridized carbons (Fsp3) is 0.312. The highest BCUT2D eigenvalue weighted by Gasteiger charge is 2.22. The molecule has 0 aliphatic heterocycles. The van der Waals surface area contributed by atoms with Crippen molar-refractivity contribution in [2.24, 2.45) is 5.73 Å². The second-order valence-electron chi connectivity index (χ2n) is 5.02. The zero-order valence-electron chi connectivity index (χ0n) is 12.4. The summed E-state index contributed by atoms with van der Waals surface area (Å²) in [6.07, 6.45) is -0.684. The standard InChI is InChI=1S/C16H20N2O2S.ClH/c1-12(17)16(20)18(10-13-6-3-2-4-7-13)11-14(19)15-8-5-9-21-15;/h2-9,12,14,19H,10-11,17H2,1H3;1H/t12-,14?;/m1./s1. The van der Waals surface area contributed by atoms with E-state index in [1.807, 2.05) is 47.8 Å². The Balaban J connectivity index is 0.00000242. The Hall–Kier alpha value is -1.40. The van der Waals surface area contributed by atoms with Crippen LogP contribution in [0.25, 0.3) is 0 Å². The SMILES string of the molecule is C[C@@H](N)C(=O)N(Cc1ccccc1)CC(O)c1cccs1.Cl. The second kappa shape index (κ2) is 8.90. The first-order valence-electron chi connectivity index (χ1n) is 6.87. The van der Waals surface area contributed by atoms with Crippen LogP contribution in [0.15, 0.2) is 47.8 Å². The van der Waals surface area contributed by atoms with E-state index in [0.717, 1.165) is 10.4 Å². The van der Waals surface area contributed by atoms with Gasteiger partial charge in [-0.15, -0.1) is 23.7 Å². The van der Waals surface area contributed by atoms with E-state index in [0.29, 0.717) is 6.54 Å². The van der Waals surface area contributed by atoms with E-state index in [1.165, 1.54) is 11.3 Å². The average Bonchev–Trinajstić information content (AvgIpc) is 3.01. The number of hydrogen-bond donors (Lipinski definition) is 2. The summed E-state index contributed by atoms with van der Waals surface area (Å²) in [5.41, 5.74) is 6.73. The molecule has 2 atom stereocenters. The number of aliphatic hydroxyl groups excluding tert-OH is 1. The average molecular weight is 341 g/mol. The number of rotatable bonds is 6. The summed E-state index contributed by atoms with van der Waals surface area (Å²) in [6.45, 7) is 2.36. The Labute approximate surface area is 141 Å². The van der Waals surface area contributed by atoms with Gasteiger partial charge in [0.1, 0.15) is 6.10 Å². The topological polar surface area (TPSA) is 66.6 Å². The highest BCUT2D eigenvalue weighted by molar-refractivity contribution is 7.10. The molecule has 0 fully saturated rings. The van der Waals surface area contributed by atoms with Crippen molar-refractivity contribution in [3.8, 4) is 0 Å². The highest BCUT2D eigenvalue weighted by Crippen LogP contribution is 2.21. The van der Waals surface area contributed by atoms with Crippen molar-refractivity contribution < 1.29 is 9.90 Å². The van der Waals surface area contributed by atoms with Gasteiger partial charge in [0.25, 0.3) is 0 Å². The number of thiophene rings is 1. The summed E-state index contributed by atoms with van der Waals surface area (Å²) in [6, 6.07) is 12.9. The Kier molecular flexibility index (Phi) is 7.55. The van der Waals surface area contributed by atoms with Crippen molar-refractivity contribution in [1.29, 1.82) is 0 Å². The molecule has 0 saturated carbocycles. The van der Waals surface area contributed by atoms with Gasteiger partial charge in [0.15, 0.2) is 0 Å². The molecule has 0 spiro atoms. The van der Waals surface area contributed by atoms with Crippen LogP contribution < -0.4 is 5.73 Å². The minimum absolute atomic E-state index is 0. The van der Waals surface area contributed by atoms with Crippen molar-refractivity contribution in [1.82, 2.24) is 4.90 Å². The molecule has 1 unspecified atom stereocenters. The third-order valence-corrected chi connectivity index (χ3v) is 4.16. The Morgan fingerprint density at radius 1 is 1.27 bits per heavy atom. The number of aliphatic hydroxyl groups is 1. The number of carbonyl (C=O) groups is 1. The molecule has 2 aromatic rings. The van der Waals surface area contributed by atoms with E-state index in [2.05, 4.69) is 0 Å². The van der Waals surface area contributed by atoms with Crippen LogP contribution in [0.4, 0.5) is 0 Å². The number of amides is 1. The van der Waals surface area contributed by atoms with Gasteiger partial charge in [0.2, 0.25) is 5.91 Å². The molecule has 1 heterocycles. The fourth-order valence-electron chi connectivity index (χ4n) is 2.10. The molecule has 22 heavy (non-hydrogen) atoms. The lowest BCUT2D eigenvalue weighted by Crippen LogP contribution is -2.43. The predicted molar refractivity (Wildman–Crippen MR) is 92.0 cm³/mol. The molecule has 0 aliphatic carbocycles. The summed E-state index contributed by atoms with van der Waals surface area (Å²) in [5, 5.41) is 12.2. The lowest BCUT2D eigenvalue weighted by molar-refractivity contribution is -0.134. The highest BCUT2D eigenvalue weighted by atomic mass is 35.5. The van der Waals surface area contributed by atoms with Crippen LogP contribution in [0.2, 0.25) is 0 Å². The van der Waals surface area contributed by atoms with Crippen LogP contribution in [0, 0.1) is 0 Å². The van der Waals surface area contributed by atoms with Crippen LogP contribution in [-0.2, 0) is 11.3 Å². The molecule has 0 radical (unpaired) electrons. The molecule has 0 saturated heterocycles. The molecule has 0 aliphatic rings. The maximum Gasteiger partial charge on any atom is 0.239 e. The van der Waals surface area contributed by atoms with Gasteiger partial charge in [-0.05, 0) is 23.9 Å². The van der Waals surface area contributed by atoms with E-state index in [9.17, 15) is 9.90 Å². The first kappa shape index (κ1) is 18.6. The number of carbonyl (C=O) groups excluding carboxylic acids is 1. The molecule has 1 aromatic carbocycles. The van der Waals surface area contributed by atoms with Gasteiger partial charge in [-0.1, -0.05) is 36.4 Å². The Morgan fingerprint density at radius 3 is 2.50 bits per heavy atom. The maximum atomic E-state index is 12.2. The third-order valence-electron chi connectivity index (χ3n) is 3.18. The van der Waals surface area contributed by atoms with Crippen LogP contribution in [0.3, 0.4) is 0 Å². The predicted octanol–water partition coefficient (Wildman–Crippen LogP) is 2.58. The summed E-state index contributed by atoms with van der Waals surface area (Å²) < 4.78 is 0. The van der Waals surface area contributed by atoms with Crippen molar-refractivity contribution >= 4 is 29.7 Å². The number of hydrogen-bond acceptors (Lipinski definition) is 4. The number of benzene rings is 1. The number of nitrogens with two attached hydrogens (primary N) is 1. The van der Waals surface area contributed by atoms with Gasteiger partial charge < -0.3 is 15.7 Å². The van der Waals surface area contributed by atoms with Crippen molar-refractivity contribution in [3.05, 3.63) is 58.3 Å². The zero-order valence-corrected chi connectivity index (χ0v) is 14.0. The minimum Gasteiger partial charge on any atom is -0.386 e. The van der Waals surface area contributed by atoms with Gasteiger partial charge in [0.05, 0.1) is 12.6 Å². The molecule has 2 rings (SSSR count). The van der Waals surface area contributed by atoms with E-state index in [1.54, 1.807) is 11.8 Å².